The SMILES string of the molecule is CC(NC(=O)C1CCCC(N)C1)c1nccs1. The Bertz CT molecular complexity index is 366. The van der Waals surface area contributed by atoms with E-state index in [-0.39, 0.29) is 23.9 Å². The molecule has 1 saturated carbocycles. The third-order valence-corrected chi connectivity index (χ3v) is 4.22. The van der Waals surface area contributed by atoms with Gasteiger partial charge in [0.2, 0.25) is 5.91 Å². The number of hydrogen-bond acceptors (Lipinski definition) is 4. The highest BCUT2D eigenvalue weighted by molar-refractivity contribution is 7.09. The average molecular weight is 253 g/mol. The third-order valence-electron chi connectivity index (χ3n) is 3.27. The van der Waals surface area contributed by atoms with Crippen molar-refractivity contribution in [2.75, 3.05) is 0 Å². The van der Waals surface area contributed by atoms with Crippen molar-refractivity contribution in [3.63, 3.8) is 0 Å². The molecule has 3 unspecified atom stereocenters. The minimum Gasteiger partial charge on any atom is -0.347 e. The monoisotopic (exact) mass is 253 g/mol. The number of rotatable bonds is 3. The van der Waals surface area contributed by atoms with Gasteiger partial charge in [-0.1, -0.05) is 6.42 Å². The lowest BCUT2D eigenvalue weighted by Gasteiger charge is -2.26. The molecule has 5 heteroatoms. The summed E-state index contributed by atoms with van der Waals surface area (Å²) in [5.74, 6) is 0.212. The maximum atomic E-state index is 12.1. The standard InChI is InChI=1S/C12H19N3OS/c1-8(12-14-5-6-17-12)15-11(16)9-3-2-4-10(13)7-9/h5-6,8-10H,2-4,7,13H2,1H3,(H,15,16). The number of nitrogens with one attached hydrogen (secondary N) is 1. The lowest BCUT2D eigenvalue weighted by atomic mass is 9.85. The molecule has 1 aromatic heterocycles. The van der Waals surface area contributed by atoms with Crippen LogP contribution in [0.2, 0.25) is 0 Å². The van der Waals surface area contributed by atoms with Crippen molar-refractivity contribution >= 4 is 17.2 Å². The normalized spacial score (nSPS) is 26.5. The summed E-state index contributed by atoms with van der Waals surface area (Å²) in [6.45, 7) is 1.97. The van der Waals surface area contributed by atoms with E-state index in [0.29, 0.717) is 0 Å². The first-order valence-electron chi connectivity index (χ1n) is 6.12. The van der Waals surface area contributed by atoms with Gasteiger partial charge in [-0.25, -0.2) is 4.98 Å². The maximum Gasteiger partial charge on any atom is 0.223 e. The van der Waals surface area contributed by atoms with E-state index in [9.17, 15) is 4.79 Å². The fraction of sp³-hybridized carbons (Fsp3) is 0.667. The van der Waals surface area contributed by atoms with Gasteiger partial charge in [0, 0.05) is 23.5 Å². The minimum atomic E-state index is 0.000603. The fourth-order valence-electron chi connectivity index (χ4n) is 2.31. The quantitative estimate of drug-likeness (QED) is 0.863. The number of carbonyl (C=O) groups excluding carboxylic acids is 1. The van der Waals surface area contributed by atoms with Crippen LogP contribution in [-0.4, -0.2) is 16.9 Å². The zero-order chi connectivity index (χ0) is 12.3. The lowest BCUT2D eigenvalue weighted by Crippen LogP contribution is -2.38. The van der Waals surface area contributed by atoms with Crippen LogP contribution in [-0.2, 0) is 4.79 Å². The molecule has 94 valence electrons. The molecule has 1 heterocycles. The first-order chi connectivity index (χ1) is 8.16. The van der Waals surface area contributed by atoms with E-state index >= 15 is 0 Å². The molecule has 3 atom stereocenters. The van der Waals surface area contributed by atoms with Crippen molar-refractivity contribution in [2.45, 2.75) is 44.7 Å². The topological polar surface area (TPSA) is 68.0 Å². The predicted octanol–water partition coefficient (Wildman–Crippen LogP) is 1.84. The molecule has 4 nitrogen and oxygen atoms in total. The van der Waals surface area contributed by atoms with Crippen LogP contribution >= 0.6 is 11.3 Å². The largest absolute Gasteiger partial charge is 0.347 e. The van der Waals surface area contributed by atoms with Crippen molar-refractivity contribution in [3.8, 4) is 0 Å². The van der Waals surface area contributed by atoms with E-state index in [4.69, 9.17) is 5.73 Å². The van der Waals surface area contributed by atoms with Gasteiger partial charge in [-0.2, -0.15) is 0 Å². The van der Waals surface area contributed by atoms with Crippen LogP contribution in [0.3, 0.4) is 0 Å². The molecule has 1 fully saturated rings. The molecule has 17 heavy (non-hydrogen) atoms. The van der Waals surface area contributed by atoms with Gasteiger partial charge in [0.05, 0.1) is 6.04 Å². The number of hydrogen-bond donors (Lipinski definition) is 2. The van der Waals surface area contributed by atoms with Crippen molar-refractivity contribution in [1.29, 1.82) is 0 Å². The number of aromatic nitrogens is 1. The summed E-state index contributed by atoms with van der Waals surface area (Å²) in [5.41, 5.74) is 5.90. The van der Waals surface area contributed by atoms with Gasteiger partial charge in [0.1, 0.15) is 5.01 Å². The Kier molecular flexibility index (Phi) is 4.12. The number of amides is 1. The second kappa shape index (κ2) is 5.60. The van der Waals surface area contributed by atoms with Crippen LogP contribution in [0.25, 0.3) is 0 Å². The van der Waals surface area contributed by atoms with Crippen molar-refractivity contribution in [3.05, 3.63) is 16.6 Å². The molecule has 0 radical (unpaired) electrons. The molecular formula is C12H19N3OS. The summed E-state index contributed by atoms with van der Waals surface area (Å²) in [7, 11) is 0. The summed E-state index contributed by atoms with van der Waals surface area (Å²) in [6.07, 6.45) is 5.65. The summed E-state index contributed by atoms with van der Waals surface area (Å²) in [6, 6.07) is 0.190. The first kappa shape index (κ1) is 12.5. The van der Waals surface area contributed by atoms with Gasteiger partial charge >= 0.3 is 0 Å². The highest BCUT2D eigenvalue weighted by Gasteiger charge is 2.26. The molecule has 1 aliphatic rings. The second-order valence-corrected chi connectivity index (χ2v) is 5.65. The fourth-order valence-corrected chi connectivity index (χ4v) is 2.95. The van der Waals surface area contributed by atoms with Crippen LogP contribution in [0.15, 0.2) is 11.6 Å². The molecular weight excluding hydrogens is 234 g/mol. The lowest BCUT2D eigenvalue weighted by molar-refractivity contribution is -0.126. The number of carbonyl (C=O) groups is 1. The van der Waals surface area contributed by atoms with E-state index in [2.05, 4.69) is 10.3 Å². The van der Waals surface area contributed by atoms with Crippen LogP contribution < -0.4 is 11.1 Å². The minimum absolute atomic E-state index is 0.000603. The van der Waals surface area contributed by atoms with E-state index in [1.807, 2.05) is 12.3 Å². The zero-order valence-electron chi connectivity index (χ0n) is 10.1. The van der Waals surface area contributed by atoms with Gasteiger partial charge in [-0.15, -0.1) is 11.3 Å². The summed E-state index contributed by atoms with van der Waals surface area (Å²) < 4.78 is 0. The maximum absolute atomic E-state index is 12.1. The molecule has 1 aliphatic carbocycles. The van der Waals surface area contributed by atoms with Gasteiger partial charge in [-0.05, 0) is 26.2 Å². The Morgan fingerprint density at radius 1 is 1.65 bits per heavy atom. The Labute approximate surface area is 106 Å². The van der Waals surface area contributed by atoms with Gasteiger partial charge in [-0.3, -0.25) is 4.79 Å². The highest BCUT2D eigenvalue weighted by Crippen LogP contribution is 2.24. The summed E-state index contributed by atoms with van der Waals surface area (Å²) in [4.78, 5) is 16.3. The van der Waals surface area contributed by atoms with E-state index in [1.54, 1.807) is 17.5 Å². The van der Waals surface area contributed by atoms with Gasteiger partial charge in [0.15, 0.2) is 0 Å². The van der Waals surface area contributed by atoms with E-state index in [0.717, 1.165) is 30.7 Å². The number of thiazole rings is 1. The molecule has 2 rings (SSSR count). The van der Waals surface area contributed by atoms with E-state index in [1.165, 1.54) is 0 Å². The molecule has 1 amide bonds. The molecule has 0 spiro atoms. The van der Waals surface area contributed by atoms with E-state index < -0.39 is 0 Å². The van der Waals surface area contributed by atoms with Crippen molar-refractivity contribution in [1.82, 2.24) is 10.3 Å². The van der Waals surface area contributed by atoms with Crippen molar-refractivity contribution < 1.29 is 4.79 Å². The third kappa shape index (κ3) is 3.26. The van der Waals surface area contributed by atoms with Gasteiger partial charge in [0.25, 0.3) is 0 Å². The zero-order valence-corrected chi connectivity index (χ0v) is 10.9. The number of nitrogens with two attached hydrogens (primary N) is 1. The number of nitrogens with zero attached hydrogens (tertiary/aromatic N) is 1. The molecule has 3 N–H and O–H groups in total. The Morgan fingerprint density at radius 2 is 2.47 bits per heavy atom. The van der Waals surface area contributed by atoms with Crippen molar-refractivity contribution in [2.24, 2.45) is 11.7 Å². The van der Waals surface area contributed by atoms with Gasteiger partial charge < -0.3 is 11.1 Å². The van der Waals surface area contributed by atoms with Crippen LogP contribution in [0, 0.1) is 5.92 Å². The highest BCUT2D eigenvalue weighted by atomic mass is 32.1. The summed E-state index contributed by atoms with van der Waals surface area (Å²) >= 11 is 1.57. The molecule has 0 aliphatic heterocycles. The first-order valence-corrected chi connectivity index (χ1v) is 7.00. The molecule has 0 saturated heterocycles. The Balaban J connectivity index is 1.88. The van der Waals surface area contributed by atoms with Crippen LogP contribution in [0.1, 0.15) is 43.7 Å². The smallest absolute Gasteiger partial charge is 0.223 e. The average Bonchev–Trinajstić information content (AvgIpc) is 2.82. The predicted molar refractivity (Wildman–Crippen MR) is 68.6 cm³/mol. The second-order valence-electron chi connectivity index (χ2n) is 4.72. The Morgan fingerprint density at radius 3 is 3.12 bits per heavy atom. The Hall–Kier alpha value is -0.940. The van der Waals surface area contributed by atoms with Crippen LogP contribution in [0.4, 0.5) is 0 Å². The molecule has 1 aromatic rings. The summed E-state index contributed by atoms with van der Waals surface area (Å²) in [5, 5.41) is 5.91. The van der Waals surface area contributed by atoms with Crippen LogP contribution in [0.5, 0.6) is 0 Å². The molecule has 0 aromatic carbocycles. The molecule has 0 bridgehead atoms.